The molecule has 0 aromatic heterocycles. The molecule has 148 valence electrons. The van der Waals surface area contributed by atoms with Crippen LogP contribution in [0, 0.1) is 6.92 Å². The maximum Gasteiger partial charge on any atom is 0.586 e. The van der Waals surface area contributed by atoms with Crippen molar-refractivity contribution in [3.63, 3.8) is 0 Å². The van der Waals surface area contributed by atoms with Gasteiger partial charge in [0.25, 0.3) is 0 Å². The zero-order chi connectivity index (χ0) is 20.5. The molecule has 0 aliphatic carbocycles. The first kappa shape index (κ1) is 19.6. The minimum Gasteiger partial charge on any atom is -0.395 e. The van der Waals surface area contributed by atoms with Crippen molar-refractivity contribution in [1.29, 1.82) is 0 Å². The van der Waals surface area contributed by atoms with E-state index < -0.39 is 18.1 Å². The minimum absolute atomic E-state index is 0.137. The summed E-state index contributed by atoms with van der Waals surface area (Å²) in [6, 6.07) is 11.5. The second-order valence-corrected chi connectivity index (χ2v) is 7.16. The summed E-state index contributed by atoms with van der Waals surface area (Å²) in [7, 11) is 0. The highest BCUT2D eigenvalue weighted by atomic mass is 19.3. The largest absolute Gasteiger partial charge is 0.586 e. The Labute approximate surface area is 160 Å². The number of rotatable bonds is 4. The van der Waals surface area contributed by atoms with Crippen molar-refractivity contribution in [1.82, 2.24) is 5.32 Å². The molecule has 0 spiro atoms. The highest BCUT2D eigenvalue weighted by molar-refractivity contribution is 6.39. The molecule has 0 unspecified atom stereocenters. The highest BCUT2D eigenvalue weighted by Crippen LogP contribution is 2.42. The highest BCUT2D eigenvalue weighted by Gasteiger charge is 2.43. The van der Waals surface area contributed by atoms with Gasteiger partial charge in [-0.1, -0.05) is 38.1 Å². The third-order valence-electron chi connectivity index (χ3n) is 4.43. The van der Waals surface area contributed by atoms with E-state index in [-0.39, 0.29) is 29.1 Å². The number of halogens is 2. The van der Waals surface area contributed by atoms with Crippen LogP contribution < -0.4 is 20.1 Å². The molecular weight excluding hydrogens is 370 g/mol. The van der Waals surface area contributed by atoms with Crippen LogP contribution in [0.4, 0.5) is 14.5 Å². The molecule has 2 aromatic rings. The number of aryl methyl sites for hydroxylation is 1. The summed E-state index contributed by atoms with van der Waals surface area (Å²) in [5.41, 5.74) is 1.90. The number of nitrogens with one attached hydrogen (secondary N) is 2. The standard InChI is InChI=1S/C20H20F2N2O4/c1-12-6-4-5-7-14(12)19(2,3)11-23-17(25)18(26)24-13-8-9-15-16(10-13)28-20(21,22)27-15/h4-10H,11H2,1-3H3,(H,23,25)(H,24,26). The first-order valence-electron chi connectivity index (χ1n) is 8.63. The van der Waals surface area contributed by atoms with Crippen molar-refractivity contribution in [3.05, 3.63) is 53.6 Å². The van der Waals surface area contributed by atoms with Gasteiger partial charge in [-0.05, 0) is 30.2 Å². The van der Waals surface area contributed by atoms with Gasteiger partial charge in [0.05, 0.1) is 0 Å². The Balaban J connectivity index is 1.60. The van der Waals surface area contributed by atoms with Gasteiger partial charge in [-0.3, -0.25) is 9.59 Å². The minimum atomic E-state index is -3.75. The van der Waals surface area contributed by atoms with Gasteiger partial charge < -0.3 is 20.1 Å². The Morgan fingerprint density at radius 2 is 1.71 bits per heavy atom. The van der Waals surface area contributed by atoms with E-state index in [1.54, 1.807) is 0 Å². The molecule has 6 nitrogen and oxygen atoms in total. The normalized spacial score (nSPS) is 14.5. The topological polar surface area (TPSA) is 76.7 Å². The van der Waals surface area contributed by atoms with Crippen LogP contribution in [0.3, 0.4) is 0 Å². The summed E-state index contributed by atoms with van der Waals surface area (Å²) in [5, 5.41) is 4.96. The fourth-order valence-electron chi connectivity index (χ4n) is 3.02. The molecule has 0 radical (unpaired) electrons. The smallest absolute Gasteiger partial charge is 0.395 e. The van der Waals surface area contributed by atoms with Gasteiger partial charge in [0.1, 0.15) is 0 Å². The van der Waals surface area contributed by atoms with Gasteiger partial charge in [0.15, 0.2) is 11.5 Å². The van der Waals surface area contributed by atoms with Gasteiger partial charge >= 0.3 is 18.1 Å². The SMILES string of the molecule is Cc1ccccc1C(C)(C)CNC(=O)C(=O)Nc1ccc2c(c1)OC(F)(F)O2. The molecule has 0 fully saturated rings. The number of anilines is 1. The van der Waals surface area contributed by atoms with Crippen LogP contribution in [0.15, 0.2) is 42.5 Å². The first-order chi connectivity index (χ1) is 13.1. The molecule has 1 heterocycles. The zero-order valence-corrected chi connectivity index (χ0v) is 15.6. The maximum atomic E-state index is 13.0. The van der Waals surface area contributed by atoms with Gasteiger partial charge in [-0.25, -0.2) is 0 Å². The number of ether oxygens (including phenoxy) is 2. The van der Waals surface area contributed by atoms with Gasteiger partial charge in [0, 0.05) is 23.7 Å². The fraction of sp³-hybridized carbons (Fsp3) is 0.300. The third kappa shape index (κ3) is 4.21. The average Bonchev–Trinajstić information content (AvgIpc) is 2.93. The number of amides is 2. The lowest BCUT2D eigenvalue weighted by molar-refractivity contribution is -0.286. The average molecular weight is 390 g/mol. The predicted molar refractivity (Wildman–Crippen MR) is 98.5 cm³/mol. The number of hydrogen-bond donors (Lipinski definition) is 2. The maximum absolute atomic E-state index is 13.0. The van der Waals surface area contributed by atoms with E-state index in [0.29, 0.717) is 0 Å². The second kappa shape index (κ2) is 7.10. The van der Waals surface area contributed by atoms with Gasteiger partial charge in [0.2, 0.25) is 0 Å². The van der Waals surface area contributed by atoms with E-state index in [9.17, 15) is 18.4 Å². The van der Waals surface area contributed by atoms with Crippen LogP contribution in [0.5, 0.6) is 11.5 Å². The van der Waals surface area contributed by atoms with Crippen LogP contribution in [-0.2, 0) is 15.0 Å². The second-order valence-electron chi connectivity index (χ2n) is 7.16. The summed E-state index contributed by atoms with van der Waals surface area (Å²) >= 11 is 0. The van der Waals surface area contributed by atoms with Crippen LogP contribution >= 0.6 is 0 Å². The summed E-state index contributed by atoms with van der Waals surface area (Å²) in [6.45, 7) is 6.16. The summed E-state index contributed by atoms with van der Waals surface area (Å²) in [5.74, 6) is -2.10. The Morgan fingerprint density at radius 3 is 2.43 bits per heavy atom. The van der Waals surface area contributed by atoms with E-state index in [0.717, 1.165) is 11.1 Å². The third-order valence-corrected chi connectivity index (χ3v) is 4.43. The zero-order valence-electron chi connectivity index (χ0n) is 15.6. The van der Waals surface area contributed by atoms with Crippen LogP contribution in [0.2, 0.25) is 0 Å². The quantitative estimate of drug-likeness (QED) is 0.785. The fourth-order valence-corrected chi connectivity index (χ4v) is 3.02. The summed E-state index contributed by atoms with van der Waals surface area (Å²) in [6.07, 6.45) is -3.75. The molecule has 2 aromatic carbocycles. The van der Waals surface area contributed by atoms with E-state index in [1.807, 2.05) is 45.0 Å². The van der Waals surface area contributed by atoms with Crippen molar-refractivity contribution in [3.8, 4) is 11.5 Å². The molecule has 1 aliphatic heterocycles. The molecule has 0 saturated carbocycles. The lowest BCUT2D eigenvalue weighted by Crippen LogP contribution is -2.42. The van der Waals surface area contributed by atoms with Crippen LogP contribution in [0.1, 0.15) is 25.0 Å². The van der Waals surface area contributed by atoms with Crippen molar-refractivity contribution >= 4 is 17.5 Å². The van der Waals surface area contributed by atoms with Gasteiger partial charge in [-0.2, -0.15) is 0 Å². The Kier molecular flexibility index (Phi) is 4.97. The molecule has 1 aliphatic rings. The molecule has 0 saturated heterocycles. The lowest BCUT2D eigenvalue weighted by atomic mass is 9.82. The number of alkyl halides is 2. The molecule has 0 atom stereocenters. The number of carbonyl (C=O) groups is 2. The number of hydrogen-bond acceptors (Lipinski definition) is 4. The van der Waals surface area contributed by atoms with E-state index in [4.69, 9.17) is 0 Å². The van der Waals surface area contributed by atoms with Gasteiger partial charge in [-0.15, -0.1) is 8.78 Å². The Hall–Kier alpha value is -3.16. The van der Waals surface area contributed by atoms with Crippen LogP contribution in [0.25, 0.3) is 0 Å². The summed E-state index contributed by atoms with van der Waals surface area (Å²) in [4.78, 5) is 24.3. The molecule has 3 rings (SSSR count). The lowest BCUT2D eigenvalue weighted by Gasteiger charge is -2.27. The molecule has 2 amide bonds. The number of benzene rings is 2. The molecule has 0 bridgehead atoms. The van der Waals surface area contributed by atoms with Crippen molar-refractivity contribution in [2.45, 2.75) is 32.5 Å². The van der Waals surface area contributed by atoms with E-state index >= 15 is 0 Å². The van der Waals surface area contributed by atoms with E-state index in [1.165, 1.54) is 18.2 Å². The van der Waals surface area contributed by atoms with Crippen molar-refractivity contribution < 1.29 is 27.8 Å². The first-order valence-corrected chi connectivity index (χ1v) is 8.63. The predicted octanol–water partition coefficient (Wildman–Crippen LogP) is 3.35. The van der Waals surface area contributed by atoms with E-state index in [2.05, 4.69) is 20.1 Å². The van der Waals surface area contributed by atoms with Crippen molar-refractivity contribution in [2.24, 2.45) is 0 Å². The molecule has 2 N–H and O–H groups in total. The van der Waals surface area contributed by atoms with Crippen molar-refractivity contribution in [2.75, 3.05) is 11.9 Å². The van der Waals surface area contributed by atoms with Crippen LogP contribution in [-0.4, -0.2) is 24.7 Å². The molecule has 28 heavy (non-hydrogen) atoms. The summed E-state index contributed by atoms with van der Waals surface area (Å²) < 4.78 is 34.7. The monoisotopic (exact) mass is 390 g/mol. The molecular formula is C20H20F2N2O4. The Morgan fingerprint density at radius 1 is 1.04 bits per heavy atom. The number of fused-ring (bicyclic) bond motifs is 1. The Bertz CT molecular complexity index is 928. The number of carbonyl (C=O) groups excluding carboxylic acids is 2. The molecule has 8 heteroatoms.